The Hall–Kier alpha value is -2.58. The van der Waals surface area contributed by atoms with Gasteiger partial charge in [0.15, 0.2) is 23.2 Å². The Balaban J connectivity index is 1.68. The van der Waals surface area contributed by atoms with Gasteiger partial charge in [0, 0.05) is 18.9 Å². The molecule has 0 amide bonds. The van der Waals surface area contributed by atoms with Crippen LogP contribution in [-0.2, 0) is 19.1 Å². The molecule has 2 heterocycles. The van der Waals surface area contributed by atoms with E-state index in [9.17, 15) is 24.9 Å². The van der Waals surface area contributed by atoms with Gasteiger partial charge in [-0.05, 0) is 30.2 Å². The Morgan fingerprint density at radius 2 is 2.12 bits per heavy atom. The van der Waals surface area contributed by atoms with Gasteiger partial charge < -0.3 is 29.5 Å². The number of rotatable bonds is 4. The number of fused-ring (bicyclic) bond motifs is 3. The zero-order valence-corrected chi connectivity index (χ0v) is 13.5. The van der Waals surface area contributed by atoms with Crippen molar-refractivity contribution in [1.82, 2.24) is 0 Å². The van der Waals surface area contributed by atoms with E-state index in [1.54, 1.807) is 6.07 Å². The van der Waals surface area contributed by atoms with Crippen molar-refractivity contribution in [3.05, 3.63) is 29.8 Å². The topological polar surface area (TPSA) is 123 Å². The Morgan fingerprint density at radius 3 is 2.80 bits per heavy atom. The van der Waals surface area contributed by atoms with E-state index in [0.717, 1.165) is 6.08 Å². The molecule has 25 heavy (non-hydrogen) atoms. The van der Waals surface area contributed by atoms with Crippen molar-refractivity contribution < 1.29 is 39.1 Å². The van der Waals surface area contributed by atoms with E-state index in [0.29, 0.717) is 5.56 Å². The number of hydrogen-bond donors (Lipinski definition) is 3. The summed E-state index contributed by atoms with van der Waals surface area (Å²) in [6.45, 7) is 0. The van der Waals surface area contributed by atoms with Crippen molar-refractivity contribution in [3.63, 3.8) is 0 Å². The molecule has 4 rings (SSSR count). The average Bonchev–Trinajstić information content (AvgIpc) is 2.56. The van der Waals surface area contributed by atoms with Gasteiger partial charge in [-0.25, -0.2) is 9.59 Å². The first-order valence-corrected chi connectivity index (χ1v) is 7.70. The van der Waals surface area contributed by atoms with Gasteiger partial charge in [-0.1, -0.05) is 6.07 Å². The molecule has 3 atom stereocenters. The molecule has 3 N–H and O–H groups in total. The Labute approximate surface area is 143 Å². The molecule has 0 radical (unpaired) electrons. The minimum Gasteiger partial charge on any atom is -0.504 e. The third-order valence-electron chi connectivity index (χ3n) is 4.45. The lowest BCUT2D eigenvalue weighted by atomic mass is 9.76. The predicted molar refractivity (Wildman–Crippen MR) is 83.4 cm³/mol. The van der Waals surface area contributed by atoms with Crippen molar-refractivity contribution in [3.8, 4) is 11.5 Å². The van der Waals surface area contributed by atoms with Gasteiger partial charge >= 0.3 is 11.9 Å². The summed E-state index contributed by atoms with van der Waals surface area (Å²) in [5.41, 5.74) is -1.15. The monoisotopic (exact) mass is 350 g/mol. The number of methoxy groups -OCH3 is 1. The number of carbonyl (C=O) groups excluding carboxylic acids is 2. The molecule has 134 valence electrons. The second-order valence-corrected chi connectivity index (χ2v) is 6.16. The van der Waals surface area contributed by atoms with E-state index in [1.165, 1.54) is 25.3 Å². The maximum Gasteiger partial charge on any atom is 0.340 e. The molecule has 2 bridgehead atoms. The largest absolute Gasteiger partial charge is 0.504 e. The fourth-order valence-corrected chi connectivity index (χ4v) is 2.95. The number of hydrogen-bond acceptors (Lipinski definition) is 8. The van der Waals surface area contributed by atoms with Crippen molar-refractivity contribution >= 4 is 18.0 Å². The van der Waals surface area contributed by atoms with Crippen molar-refractivity contribution in [1.29, 1.82) is 0 Å². The van der Waals surface area contributed by atoms with Crippen molar-refractivity contribution in [2.24, 2.45) is 0 Å². The Kier molecular flexibility index (Phi) is 4.18. The van der Waals surface area contributed by atoms with Gasteiger partial charge in [0.1, 0.15) is 0 Å². The fraction of sp³-hybridized carbons (Fsp3) is 0.412. The molecule has 2 aliphatic heterocycles. The summed E-state index contributed by atoms with van der Waals surface area (Å²) in [5, 5.41) is 30.0. The van der Waals surface area contributed by atoms with Gasteiger partial charge in [-0.3, -0.25) is 0 Å². The molecule has 1 aliphatic carbocycles. The summed E-state index contributed by atoms with van der Waals surface area (Å²) >= 11 is 0. The van der Waals surface area contributed by atoms with Crippen LogP contribution < -0.4 is 4.74 Å². The van der Waals surface area contributed by atoms with Crippen LogP contribution in [0.3, 0.4) is 0 Å². The van der Waals surface area contributed by atoms with Crippen LogP contribution >= 0.6 is 0 Å². The molecule has 0 spiro atoms. The molecule has 2 saturated heterocycles. The number of benzene rings is 1. The van der Waals surface area contributed by atoms with E-state index in [4.69, 9.17) is 14.2 Å². The third kappa shape index (κ3) is 3.18. The molecule has 3 aliphatic rings. The number of aromatic hydroxyl groups is 1. The van der Waals surface area contributed by atoms with E-state index < -0.39 is 29.4 Å². The fourth-order valence-electron chi connectivity index (χ4n) is 2.95. The Morgan fingerprint density at radius 1 is 1.36 bits per heavy atom. The van der Waals surface area contributed by atoms with Gasteiger partial charge in [-0.2, -0.15) is 0 Å². The van der Waals surface area contributed by atoms with Crippen LogP contribution in [0.1, 0.15) is 24.8 Å². The summed E-state index contributed by atoms with van der Waals surface area (Å²) in [6.07, 6.45) is 1.26. The third-order valence-corrected chi connectivity index (χ3v) is 4.45. The molecule has 2 unspecified atom stereocenters. The van der Waals surface area contributed by atoms with E-state index >= 15 is 0 Å². The van der Waals surface area contributed by atoms with Crippen LogP contribution in [0.25, 0.3) is 6.08 Å². The van der Waals surface area contributed by atoms with E-state index in [2.05, 4.69) is 0 Å². The molecular weight excluding hydrogens is 332 g/mol. The van der Waals surface area contributed by atoms with Crippen molar-refractivity contribution in [2.75, 3.05) is 7.11 Å². The lowest BCUT2D eigenvalue weighted by Gasteiger charge is -2.49. The minimum atomic E-state index is -1.91. The van der Waals surface area contributed by atoms with E-state index in [1.807, 2.05) is 0 Å². The number of carbonyl (C=O) groups is 2. The zero-order chi connectivity index (χ0) is 18.2. The van der Waals surface area contributed by atoms with Crippen LogP contribution in [0, 0.1) is 0 Å². The number of phenols is 1. The van der Waals surface area contributed by atoms with Gasteiger partial charge in [0.25, 0.3) is 0 Å². The lowest BCUT2D eigenvalue weighted by molar-refractivity contribution is -0.316. The number of phenolic OH excluding ortho intramolecular Hbond substituents is 1. The molecule has 0 aromatic heterocycles. The first-order chi connectivity index (χ1) is 11.8. The summed E-state index contributed by atoms with van der Waals surface area (Å²) in [6, 6.07) is 4.52. The molecule has 1 aromatic rings. The number of esters is 2. The maximum atomic E-state index is 12.0. The SMILES string of the molecule is COc1cc(/C=C/C(=O)OC2C[C@]3(O)CCC2(O)OC3=O)ccc1O. The highest BCUT2D eigenvalue weighted by Crippen LogP contribution is 2.44. The highest BCUT2D eigenvalue weighted by atomic mass is 16.7. The minimum absolute atomic E-state index is 0.00788. The quantitative estimate of drug-likeness (QED) is 0.529. The van der Waals surface area contributed by atoms with Crippen LogP contribution in [-0.4, -0.2) is 51.9 Å². The van der Waals surface area contributed by atoms with Crippen molar-refractivity contribution in [2.45, 2.75) is 36.8 Å². The maximum absolute atomic E-state index is 12.0. The summed E-state index contributed by atoms with van der Waals surface area (Å²) in [4.78, 5) is 23.6. The summed E-state index contributed by atoms with van der Waals surface area (Å²) in [7, 11) is 1.40. The number of aliphatic hydroxyl groups is 2. The van der Waals surface area contributed by atoms with Crippen LogP contribution in [0.4, 0.5) is 0 Å². The molecular formula is C17H18O8. The van der Waals surface area contributed by atoms with E-state index in [-0.39, 0.29) is 30.8 Å². The first kappa shape index (κ1) is 17.2. The highest BCUT2D eigenvalue weighted by Gasteiger charge is 2.62. The second-order valence-electron chi connectivity index (χ2n) is 6.16. The molecule has 8 heteroatoms. The summed E-state index contributed by atoms with van der Waals surface area (Å²) < 4.78 is 14.9. The normalized spacial score (nSPS) is 31.0. The second kappa shape index (κ2) is 6.05. The molecule has 8 nitrogen and oxygen atoms in total. The molecule has 1 aromatic carbocycles. The van der Waals surface area contributed by atoms with Gasteiger partial charge in [0.05, 0.1) is 7.11 Å². The molecule has 3 fully saturated rings. The molecule has 1 saturated carbocycles. The first-order valence-electron chi connectivity index (χ1n) is 7.70. The lowest BCUT2D eigenvalue weighted by Crippen LogP contribution is -2.66. The predicted octanol–water partition coefficient (Wildman–Crippen LogP) is 0.486. The summed E-state index contributed by atoms with van der Waals surface area (Å²) in [5.74, 6) is -3.36. The smallest absolute Gasteiger partial charge is 0.340 e. The zero-order valence-electron chi connectivity index (χ0n) is 13.5. The Bertz CT molecular complexity index is 742. The average molecular weight is 350 g/mol. The number of ether oxygens (including phenoxy) is 3. The highest BCUT2D eigenvalue weighted by molar-refractivity contribution is 5.88. The van der Waals surface area contributed by atoms with Gasteiger partial charge in [-0.15, -0.1) is 0 Å². The van der Waals surface area contributed by atoms with Crippen LogP contribution in [0.15, 0.2) is 24.3 Å². The van der Waals surface area contributed by atoms with Crippen LogP contribution in [0.5, 0.6) is 11.5 Å². The van der Waals surface area contributed by atoms with Crippen LogP contribution in [0.2, 0.25) is 0 Å². The van der Waals surface area contributed by atoms with Gasteiger partial charge in [0.2, 0.25) is 5.79 Å². The standard InChI is InChI=1S/C17H18O8/c1-23-12-8-10(2-4-11(12)18)3-5-14(19)24-13-9-16(21)6-7-17(13,22)25-15(16)20/h2-5,8,13,18,21-22H,6-7,9H2,1H3/b5-3+/t13?,16-,17?/m1/s1.